The molecule has 1 saturated heterocycles. The molecule has 0 aliphatic carbocycles. The number of carboxylic acid groups (broad SMARTS) is 1. The summed E-state index contributed by atoms with van der Waals surface area (Å²) in [6.07, 6.45) is 0.790. The standard InChI is InChI=1S/C15H19FN2O3/c1-10-3-4-12(11(16)9-10)17-14(21)18-7-5-15(2,6-8-18)13(19)20/h3-4,9H,5-8H2,1-2H3,(H,17,21)(H,19,20). The predicted octanol–water partition coefficient (Wildman–Crippen LogP) is 2.85. The minimum atomic E-state index is -0.841. The summed E-state index contributed by atoms with van der Waals surface area (Å²) in [6.45, 7) is 4.15. The minimum Gasteiger partial charge on any atom is -0.481 e. The van der Waals surface area contributed by atoms with Gasteiger partial charge >= 0.3 is 12.0 Å². The minimum absolute atomic E-state index is 0.136. The van der Waals surface area contributed by atoms with E-state index in [0.29, 0.717) is 25.9 Å². The molecule has 0 aromatic heterocycles. The summed E-state index contributed by atoms with van der Waals surface area (Å²) in [6, 6.07) is 4.20. The summed E-state index contributed by atoms with van der Waals surface area (Å²) in [5.41, 5.74) is 0.129. The second kappa shape index (κ2) is 5.71. The lowest BCUT2D eigenvalue weighted by molar-refractivity contribution is -0.150. The van der Waals surface area contributed by atoms with Gasteiger partial charge in [-0.15, -0.1) is 0 Å². The number of likely N-dealkylation sites (tertiary alicyclic amines) is 1. The number of urea groups is 1. The SMILES string of the molecule is Cc1ccc(NC(=O)N2CCC(C)(C(=O)O)CC2)c(F)c1. The molecule has 1 aromatic rings. The van der Waals surface area contributed by atoms with Crippen molar-refractivity contribution in [2.45, 2.75) is 26.7 Å². The third-order valence-corrected chi connectivity index (χ3v) is 4.04. The van der Waals surface area contributed by atoms with Crippen molar-refractivity contribution >= 4 is 17.7 Å². The van der Waals surface area contributed by atoms with Crippen LogP contribution in [0.3, 0.4) is 0 Å². The fourth-order valence-corrected chi connectivity index (χ4v) is 2.33. The number of hydrogen-bond acceptors (Lipinski definition) is 2. The van der Waals surface area contributed by atoms with Gasteiger partial charge in [-0.1, -0.05) is 6.07 Å². The molecule has 21 heavy (non-hydrogen) atoms. The van der Waals surface area contributed by atoms with Gasteiger partial charge in [0.15, 0.2) is 0 Å². The molecule has 0 spiro atoms. The summed E-state index contributed by atoms with van der Waals surface area (Å²) in [5.74, 6) is -1.32. The number of nitrogens with one attached hydrogen (secondary N) is 1. The number of rotatable bonds is 2. The fraction of sp³-hybridized carbons (Fsp3) is 0.467. The molecule has 1 aliphatic rings. The molecule has 0 bridgehead atoms. The van der Waals surface area contributed by atoms with Crippen LogP contribution in [0.2, 0.25) is 0 Å². The highest BCUT2D eigenvalue weighted by Gasteiger charge is 2.38. The summed E-state index contributed by atoms with van der Waals surface area (Å²) >= 11 is 0. The van der Waals surface area contributed by atoms with Crippen LogP contribution in [-0.4, -0.2) is 35.1 Å². The Balaban J connectivity index is 1.98. The smallest absolute Gasteiger partial charge is 0.321 e. The van der Waals surface area contributed by atoms with Crippen molar-refractivity contribution in [3.63, 3.8) is 0 Å². The molecule has 0 unspecified atom stereocenters. The third-order valence-electron chi connectivity index (χ3n) is 4.04. The van der Waals surface area contributed by atoms with Gasteiger partial charge in [0.05, 0.1) is 11.1 Å². The number of hydrogen-bond donors (Lipinski definition) is 2. The molecular formula is C15H19FN2O3. The highest BCUT2D eigenvalue weighted by atomic mass is 19.1. The van der Waals surface area contributed by atoms with Crippen molar-refractivity contribution in [3.8, 4) is 0 Å². The van der Waals surface area contributed by atoms with Gasteiger partial charge in [-0.05, 0) is 44.4 Å². The van der Waals surface area contributed by atoms with Crippen LogP contribution < -0.4 is 5.32 Å². The average molecular weight is 294 g/mol. The van der Waals surface area contributed by atoms with Gasteiger partial charge in [0.1, 0.15) is 5.82 Å². The first-order valence-electron chi connectivity index (χ1n) is 6.87. The Morgan fingerprint density at radius 1 is 1.33 bits per heavy atom. The number of anilines is 1. The number of benzene rings is 1. The quantitative estimate of drug-likeness (QED) is 0.881. The molecule has 1 aliphatic heterocycles. The van der Waals surface area contributed by atoms with Crippen LogP contribution in [0.1, 0.15) is 25.3 Å². The Morgan fingerprint density at radius 2 is 1.95 bits per heavy atom. The number of carboxylic acids is 1. The lowest BCUT2D eigenvalue weighted by Crippen LogP contribution is -2.46. The van der Waals surface area contributed by atoms with Crippen molar-refractivity contribution in [2.75, 3.05) is 18.4 Å². The summed E-state index contributed by atoms with van der Waals surface area (Å²) in [4.78, 5) is 24.8. The van der Waals surface area contributed by atoms with Gasteiger partial charge in [0, 0.05) is 13.1 Å². The number of nitrogens with zero attached hydrogens (tertiary/aromatic N) is 1. The number of carbonyl (C=O) groups excluding carboxylic acids is 1. The highest BCUT2D eigenvalue weighted by Crippen LogP contribution is 2.31. The molecular weight excluding hydrogens is 275 g/mol. The zero-order valence-electron chi connectivity index (χ0n) is 12.1. The lowest BCUT2D eigenvalue weighted by atomic mass is 9.80. The fourth-order valence-electron chi connectivity index (χ4n) is 2.33. The van der Waals surface area contributed by atoms with E-state index in [9.17, 15) is 14.0 Å². The van der Waals surface area contributed by atoms with Gasteiger partial charge in [-0.25, -0.2) is 9.18 Å². The Hall–Kier alpha value is -2.11. The van der Waals surface area contributed by atoms with Crippen LogP contribution in [0.5, 0.6) is 0 Å². The molecule has 2 N–H and O–H groups in total. The van der Waals surface area contributed by atoms with E-state index >= 15 is 0 Å². The van der Waals surface area contributed by atoms with Crippen molar-refractivity contribution in [2.24, 2.45) is 5.41 Å². The maximum atomic E-state index is 13.7. The van der Waals surface area contributed by atoms with Crippen LogP contribution in [0, 0.1) is 18.2 Å². The number of halogens is 1. The predicted molar refractivity (Wildman–Crippen MR) is 76.7 cm³/mol. The van der Waals surface area contributed by atoms with E-state index < -0.39 is 23.2 Å². The van der Waals surface area contributed by atoms with Gasteiger partial charge in [-0.3, -0.25) is 4.79 Å². The topological polar surface area (TPSA) is 69.6 Å². The summed E-state index contributed by atoms with van der Waals surface area (Å²) in [7, 11) is 0. The first kappa shape index (κ1) is 15.3. The molecule has 5 nitrogen and oxygen atoms in total. The first-order valence-corrected chi connectivity index (χ1v) is 6.87. The van der Waals surface area contributed by atoms with Crippen LogP contribution in [-0.2, 0) is 4.79 Å². The molecule has 1 heterocycles. The van der Waals surface area contributed by atoms with Gasteiger partial charge in [0.25, 0.3) is 0 Å². The van der Waals surface area contributed by atoms with Gasteiger partial charge < -0.3 is 15.3 Å². The summed E-state index contributed by atoms with van der Waals surface area (Å²) < 4.78 is 13.7. The Bertz CT molecular complexity index is 566. The number of aryl methyl sites for hydroxylation is 1. The largest absolute Gasteiger partial charge is 0.481 e. The van der Waals surface area contributed by atoms with E-state index in [1.807, 2.05) is 0 Å². The van der Waals surface area contributed by atoms with Crippen LogP contribution in [0.25, 0.3) is 0 Å². The van der Waals surface area contributed by atoms with Crippen molar-refractivity contribution in [1.29, 1.82) is 0 Å². The molecule has 0 saturated carbocycles. The number of amides is 2. The monoisotopic (exact) mass is 294 g/mol. The van der Waals surface area contributed by atoms with Crippen molar-refractivity contribution < 1.29 is 19.1 Å². The molecule has 114 valence electrons. The van der Waals surface area contributed by atoms with Crippen LogP contribution >= 0.6 is 0 Å². The van der Waals surface area contributed by atoms with Crippen molar-refractivity contribution in [3.05, 3.63) is 29.6 Å². The third kappa shape index (κ3) is 3.32. The first-order chi connectivity index (χ1) is 9.82. The normalized spacial score (nSPS) is 17.4. The van der Waals surface area contributed by atoms with E-state index in [1.165, 1.54) is 17.0 Å². The lowest BCUT2D eigenvalue weighted by Gasteiger charge is -2.36. The Morgan fingerprint density at radius 3 is 2.48 bits per heavy atom. The molecule has 1 fully saturated rings. The van der Waals surface area contributed by atoms with E-state index in [4.69, 9.17) is 5.11 Å². The van der Waals surface area contributed by atoms with Crippen molar-refractivity contribution in [1.82, 2.24) is 4.90 Å². The average Bonchev–Trinajstić information content (AvgIpc) is 2.42. The maximum absolute atomic E-state index is 13.7. The molecule has 0 radical (unpaired) electrons. The Kier molecular flexibility index (Phi) is 4.16. The molecule has 2 amide bonds. The van der Waals surface area contributed by atoms with Gasteiger partial charge in [0.2, 0.25) is 0 Å². The van der Waals surface area contributed by atoms with E-state index in [-0.39, 0.29) is 5.69 Å². The maximum Gasteiger partial charge on any atom is 0.321 e. The van der Waals surface area contributed by atoms with Gasteiger partial charge in [-0.2, -0.15) is 0 Å². The molecule has 6 heteroatoms. The molecule has 0 atom stereocenters. The molecule has 2 rings (SSSR count). The molecule has 1 aromatic carbocycles. The van der Waals surface area contributed by atoms with Crippen LogP contribution in [0.4, 0.5) is 14.9 Å². The zero-order valence-corrected chi connectivity index (χ0v) is 12.1. The second-order valence-corrected chi connectivity index (χ2v) is 5.77. The Labute approximate surface area is 122 Å². The second-order valence-electron chi connectivity index (χ2n) is 5.77. The van der Waals surface area contributed by atoms with E-state index in [1.54, 1.807) is 19.9 Å². The van der Waals surface area contributed by atoms with E-state index in [0.717, 1.165) is 5.56 Å². The number of piperidine rings is 1. The van der Waals surface area contributed by atoms with Crippen LogP contribution in [0.15, 0.2) is 18.2 Å². The highest BCUT2D eigenvalue weighted by molar-refractivity contribution is 5.89. The number of aliphatic carboxylic acids is 1. The van der Waals surface area contributed by atoms with E-state index in [2.05, 4.69) is 5.32 Å². The number of carbonyl (C=O) groups is 2. The zero-order chi connectivity index (χ0) is 15.6. The summed E-state index contributed by atoms with van der Waals surface area (Å²) in [5, 5.41) is 11.7.